The zero-order valence-electron chi connectivity index (χ0n) is 16.4. The molecule has 1 aliphatic heterocycles. The Morgan fingerprint density at radius 3 is 2.90 bits per heavy atom. The first kappa shape index (κ1) is 19.7. The molecule has 4 rings (SSSR count). The Balaban J connectivity index is 1.48. The third kappa shape index (κ3) is 3.95. The topological polar surface area (TPSA) is 84.5 Å². The molecule has 0 bridgehead atoms. The van der Waals surface area contributed by atoms with E-state index in [0.717, 1.165) is 17.4 Å². The molecule has 1 saturated heterocycles. The van der Waals surface area contributed by atoms with Crippen molar-refractivity contribution in [1.29, 1.82) is 0 Å². The molecule has 29 heavy (non-hydrogen) atoms. The predicted octanol–water partition coefficient (Wildman–Crippen LogP) is 2.97. The van der Waals surface area contributed by atoms with Crippen LogP contribution in [0, 0.1) is 5.92 Å². The van der Waals surface area contributed by atoms with Crippen LogP contribution in [0.1, 0.15) is 25.5 Å². The number of piperidine rings is 1. The van der Waals surface area contributed by atoms with E-state index in [1.165, 1.54) is 4.31 Å². The highest BCUT2D eigenvalue weighted by Crippen LogP contribution is 2.27. The molecule has 7 nitrogen and oxygen atoms in total. The van der Waals surface area contributed by atoms with Crippen LogP contribution in [0.5, 0.6) is 0 Å². The van der Waals surface area contributed by atoms with Gasteiger partial charge in [0, 0.05) is 36.7 Å². The second-order valence-electron chi connectivity index (χ2n) is 7.32. The minimum atomic E-state index is -3.65. The fraction of sp³-hybridized carbons (Fsp3) is 0.381. The van der Waals surface area contributed by atoms with Gasteiger partial charge in [0.15, 0.2) is 0 Å². The zero-order valence-corrected chi connectivity index (χ0v) is 17.2. The summed E-state index contributed by atoms with van der Waals surface area (Å²) in [6, 6.07) is 10.7. The van der Waals surface area contributed by atoms with Gasteiger partial charge in [-0.3, -0.25) is 4.79 Å². The van der Waals surface area contributed by atoms with Gasteiger partial charge in [-0.2, -0.15) is 4.31 Å². The number of carbonyl (C=O) groups is 1. The van der Waals surface area contributed by atoms with Gasteiger partial charge in [0.25, 0.3) is 0 Å². The average molecular weight is 416 g/mol. The number of nitrogens with one attached hydrogen (secondary N) is 1. The van der Waals surface area contributed by atoms with Crippen molar-refractivity contribution < 1.29 is 17.6 Å². The highest BCUT2D eigenvalue weighted by Gasteiger charge is 2.33. The molecule has 3 aromatic rings. The van der Waals surface area contributed by atoms with E-state index in [9.17, 15) is 13.2 Å². The average Bonchev–Trinajstić information content (AvgIpc) is 3.41. The van der Waals surface area contributed by atoms with Gasteiger partial charge in [0.2, 0.25) is 15.9 Å². The molecule has 1 aliphatic rings. The quantitative estimate of drug-likeness (QED) is 0.671. The summed E-state index contributed by atoms with van der Waals surface area (Å²) in [7, 11) is -3.65. The zero-order chi connectivity index (χ0) is 20.4. The molecule has 1 amide bonds. The Kier molecular flexibility index (Phi) is 5.47. The molecule has 1 fully saturated rings. The number of aromatic nitrogens is 1. The summed E-state index contributed by atoms with van der Waals surface area (Å²) in [5.41, 5.74) is 1.01. The van der Waals surface area contributed by atoms with Crippen molar-refractivity contribution in [2.75, 3.05) is 13.1 Å². The molecule has 1 unspecified atom stereocenters. The van der Waals surface area contributed by atoms with Crippen LogP contribution in [0.15, 0.2) is 58.2 Å². The first-order chi connectivity index (χ1) is 14.0. The van der Waals surface area contributed by atoms with Crippen LogP contribution >= 0.6 is 0 Å². The van der Waals surface area contributed by atoms with Gasteiger partial charge >= 0.3 is 0 Å². The molecular formula is C21H25N3O4S. The maximum absolute atomic E-state index is 13.2. The normalized spacial score (nSPS) is 18.2. The van der Waals surface area contributed by atoms with Gasteiger partial charge in [-0.05, 0) is 56.2 Å². The van der Waals surface area contributed by atoms with Crippen molar-refractivity contribution in [2.45, 2.75) is 37.8 Å². The van der Waals surface area contributed by atoms with Crippen LogP contribution in [0.25, 0.3) is 10.9 Å². The van der Waals surface area contributed by atoms with Gasteiger partial charge in [0.1, 0.15) is 5.76 Å². The smallest absolute Gasteiger partial charge is 0.243 e. The molecule has 3 heterocycles. The third-order valence-electron chi connectivity index (χ3n) is 5.49. The lowest BCUT2D eigenvalue weighted by Crippen LogP contribution is -2.45. The molecule has 1 aromatic carbocycles. The lowest BCUT2D eigenvalue weighted by atomic mass is 9.99. The van der Waals surface area contributed by atoms with Gasteiger partial charge < -0.3 is 14.3 Å². The largest absolute Gasteiger partial charge is 0.467 e. The highest BCUT2D eigenvalue weighted by molar-refractivity contribution is 7.89. The Labute approximate surface area is 170 Å². The molecule has 0 radical (unpaired) electrons. The van der Waals surface area contributed by atoms with Crippen molar-refractivity contribution >= 4 is 26.8 Å². The number of nitrogens with zero attached hydrogens (tertiary/aromatic N) is 2. The van der Waals surface area contributed by atoms with Crippen molar-refractivity contribution in [2.24, 2.45) is 5.92 Å². The number of sulfonamides is 1. The Morgan fingerprint density at radius 2 is 2.14 bits per heavy atom. The maximum atomic E-state index is 13.2. The number of carbonyl (C=O) groups excluding carboxylic acids is 1. The number of hydrogen-bond donors (Lipinski definition) is 1. The summed E-state index contributed by atoms with van der Waals surface area (Å²) >= 11 is 0. The van der Waals surface area contributed by atoms with Crippen molar-refractivity contribution in [1.82, 2.24) is 14.2 Å². The summed E-state index contributed by atoms with van der Waals surface area (Å²) in [5.74, 6) is 0.168. The highest BCUT2D eigenvalue weighted by atomic mass is 32.2. The van der Waals surface area contributed by atoms with E-state index >= 15 is 0 Å². The molecular weight excluding hydrogens is 390 g/mol. The summed E-state index contributed by atoms with van der Waals surface area (Å²) in [6.07, 6.45) is 4.85. The van der Waals surface area contributed by atoms with Crippen LogP contribution in [-0.4, -0.2) is 36.3 Å². The van der Waals surface area contributed by atoms with Crippen LogP contribution in [0.4, 0.5) is 0 Å². The van der Waals surface area contributed by atoms with Crippen LogP contribution < -0.4 is 5.32 Å². The van der Waals surface area contributed by atoms with Gasteiger partial charge in [0.05, 0.1) is 23.6 Å². The van der Waals surface area contributed by atoms with Gasteiger partial charge in [-0.1, -0.05) is 0 Å². The van der Waals surface area contributed by atoms with Crippen LogP contribution in [-0.2, 0) is 27.9 Å². The molecule has 1 atom stereocenters. The van der Waals surface area contributed by atoms with E-state index in [-0.39, 0.29) is 23.3 Å². The standard InChI is InChI=1S/C21H25N3O4S/c1-2-23-11-9-16-13-19(7-8-20(16)23)29(26,27)24-10-3-5-17(15-24)21(25)22-14-18-6-4-12-28-18/h4,6-9,11-13,17H,2-3,5,10,14-15H2,1H3,(H,22,25). The molecule has 2 aromatic heterocycles. The van der Waals surface area contributed by atoms with Crippen LogP contribution in [0.3, 0.4) is 0 Å². The summed E-state index contributed by atoms with van der Waals surface area (Å²) in [4.78, 5) is 12.8. The van der Waals surface area contributed by atoms with Crippen LogP contribution in [0.2, 0.25) is 0 Å². The van der Waals surface area contributed by atoms with Crippen molar-refractivity contribution in [3.8, 4) is 0 Å². The molecule has 0 aliphatic carbocycles. The van der Waals surface area contributed by atoms with Gasteiger partial charge in [-0.15, -0.1) is 0 Å². The van der Waals surface area contributed by atoms with E-state index in [4.69, 9.17) is 4.42 Å². The van der Waals surface area contributed by atoms with Crippen molar-refractivity contribution in [3.05, 3.63) is 54.6 Å². The molecule has 0 saturated carbocycles. The number of fused-ring (bicyclic) bond motifs is 1. The second kappa shape index (κ2) is 8.04. The Morgan fingerprint density at radius 1 is 1.28 bits per heavy atom. The Bertz CT molecular complexity index is 1100. The van der Waals surface area contributed by atoms with E-state index < -0.39 is 10.0 Å². The first-order valence-corrected chi connectivity index (χ1v) is 11.3. The SMILES string of the molecule is CCn1ccc2cc(S(=O)(=O)N3CCCC(C(=O)NCc4ccco4)C3)ccc21. The predicted molar refractivity (Wildman–Crippen MR) is 110 cm³/mol. The van der Waals surface area contributed by atoms with Crippen molar-refractivity contribution in [3.63, 3.8) is 0 Å². The lowest BCUT2D eigenvalue weighted by molar-refractivity contribution is -0.126. The minimum Gasteiger partial charge on any atom is -0.467 e. The maximum Gasteiger partial charge on any atom is 0.243 e. The minimum absolute atomic E-state index is 0.142. The fourth-order valence-corrected chi connectivity index (χ4v) is 5.43. The number of hydrogen-bond acceptors (Lipinski definition) is 4. The second-order valence-corrected chi connectivity index (χ2v) is 9.26. The number of amides is 1. The summed E-state index contributed by atoms with van der Waals surface area (Å²) in [5, 5.41) is 3.74. The van der Waals surface area contributed by atoms with E-state index in [0.29, 0.717) is 31.7 Å². The van der Waals surface area contributed by atoms with Gasteiger partial charge in [-0.25, -0.2) is 8.42 Å². The molecule has 1 N–H and O–H groups in total. The number of aryl methyl sites for hydroxylation is 1. The summed E-state index contributed by atoms with van der Waals surface area (Å²) < 4.78 is 35.1. The fourth-order valence-electron chi connectivity index (χ4n) is 3.87. The number of benzene rings is 1. The lowest BCUT2D eigenvalue weighted by Gasteiger charge is -2.31. The summed E-state index contributed by atoms with van der Waals surface area (Å²) in [6.45, 7) is 3.81. The number of rotatable bonds is 6. The first-order valence-electron chi connectivity index (χ1n) is 9.88. The number of furan rings is 1. The Hall–Kier alpha value is -2.58. The molecule has 0 spiro atoms. The molecule has 8 heteroatoms. The van der Waals surface area contributed by atoms with E-state index in [2.05, 4.69) is 16.8 Å². The molecule has 154 valence electrons. The van der Waals surface area contributed by atoms with E-state index in [1.807, 2.05) is 18.3 Å². The van der Waals surface area contributed by atoms with E-state index in [1.54, 1.807) is 30.5 Å². The monoisotopic (exact) mass is 415 g/mol. The third-order valence-corrected chi connectivity index (χ3v) is 7.35.